The van der Waals surface area contributed by atoms with Gasteiger partial charge in [-0.1, -0.05) is 0 Å². The Labute approximate surface area is 121 Å². The van der Waals surface area contributed by atoms with E-state index in [1.165, 1.54) is 32.1 Å². The maximum atomic E-state index is 11.6. The Bertz CT molecular complexity index is 332. The van der Waals surface area contributed by atoms with E-state index in [-0.39, 0.29) is 12.1 Å². The molecule has 0 unspecified atom stereocenters. The Balaban J connectivity index is 1.58. The molecule has 0 aromatic heterocycles. The zero-order valence-electron chi connectivity index (χ0n) is 12.4. The molecule has 1 saturated carbocycles. The fourth-order valence-electron chi connectivity index (χ4n) is 2.89. The van der Waals surface area contributed by atoms with E-state index in [2.05, 4.69) is 9.89 Å². The highest BCUT2D eigenvalue weighted by molar-refractivity contribution is 5.78. The van der Waals surface area contributed by atoms with Crippen molar-refractivity contribution in [3.63, 3.8) is 0 Å². The maximum Gasteiger partial charge on any atom is 0.306 e. The van der Waals surface area contributed by atoms with Crippen LogP contribution in [0.15, 0.2) is 4.99 Å². The minimum absolute atomic E-state index is 0.0800. The molecule has 2 rings (SSSR count). The largest absolute Gasteiger partial charge is 0.462 e. The molecular formula is C15H27N3O2. The number of hydrogen-bond acceptors (Lipinski definition) is 3. The standard InChI is InChI=1S/C15H27N3O2/c16-15(18-11-4-1-5-12-18)17-10-6-9-14(19)20-13-7-2-3-8-13/h13H,1-12H2,(H2,16,17). The van der Waals surface area contributed by atoms with Gasteiger partial charge in [0.2, 0.25) is 0 Å². The summed E-state index contributed by atoms with van der Waals surface area (Å²) in [5.41, 5.74) is 5.96. The lowest BCUT2D eigenvalue weighted by Crippen LogP contribution is -2.40. The number of ether oxygens (including phenoxy) is 1. The van der Waals surface area contributed by atoms with E-state index < -0.39 is 0 Å². The van der Waals surface area contributed by atoms with E-state index in [1.54, 1.807) is 0 Å². The number of nitrogens with two attached hydrogens (primary N) is 1. The van der Waals surface area contributed by atoms with Crippen molar-refractivity contribution in [2.24, 2.45) is 10.7 Å². The summed E-state index contributed by atoms with van der Waals surface area (Å²) in [7, 11) is 0. The van der Waals surface area contributed by atoms with Crippen LogP contribution in [-0.2, 0) is 9.53 Å². The molecule has 5 heteroatoms. The van der Waals surface area contributed by atoms with Crippen molar-refractivity contribution in [2.75, 3.05) is 19.6 Å². The molecule has 0 aromatic carbocycles. The first-order valence-electron chi connectivity index (χ1n) is 8.00. The molecule has 1 saturated heterocycles. The zero-order valence-corrected chi connectivity index (χ0v) is 12.4. The third kappa shape index (κ3) is 5.02. The number of hydrogen-bond donors (Lipinski definition) is 1. The molecule has 1 aliphatic carbocycles. The zero-order chi connectivity index (χ0) is 14.2. The first kappa shape index (κ1) is 15.1. The number of rotatable bonds is 5. The molecule has 2 N–H and O–H groups in total. The summed E-state index contributed by atoms with van der Waals surface area (Å²) in [5.74, 6) is 0.553. The molecular weight excluding hydrogens is 254 g/mol. The van der Waals surface area contributed by atoms with Crippen molar-refractivity contribution in [3.8, 4) is 0 Å². The van der Waals surface area contributed by atoms with Crippen molar-refractivity contribution in [1.82, 2.24) is 4.90 Å². The van der Waals surface area contributed by atoms with E-state index in [4.69, 9.17) is 10.5 Å². The first-order valence-corrected chi connectivity index (χ1v) is 8.00. The van der Waals surface area contributed by atoms with E-state index in [0.29, 0.717) is 18.9 Å². The lowest BCUT2D eigenvalue weighted by molar-refractivity contribution is -0.148. The third-order valence-electron chi connectivity index (χ3n) is 4.09. The molecule has 2 aliphatic rings. The minimum atomic E-state index is -0.0800. The van der Waals surface area contributed by atoms with Crippen LogP contribution < -0.4 is 5.73 Å². The molecule has 20 heavy (non-hydrogen) atoms. The quantitative estimate of drug-likeness (QED) is 0.362. The predicted octanol–water partition coefficient (Wildman–Crippen LogP) is 2.05. The van der Waals surface area contributed by atoms with Crippen molar-refractivity contribution in [3.05, 3.63) is 0 Å². The highest BCUT2D eigenvalue weighted by Gasteiger charge is 2.18. The fourth-order valence-corrected chi connectivity index (χ4v) is 2.89. The van der Waals surface area contributed by atoms with E-state index in [1.807, 2.05) is 0 Å². The number of carbonyl (C=O) groups is 1. The van der Waals surface area contributed by atoms with Gasteiger partial charge in [-0.15, -0.1) is 0 Å². The normalized spacial score (nSPS) is 21.2. The molecule has 0 spiro atoms. The van der Waals surface area contributed by atoms with Crippen LogP contribution >= 0.6 is 0 Å². The van der Waals surface area contributed by atoms with Gasteiger partial charge in [-0.3, -0.25) is 9.79 Å². The molecule has 2 fully saturated rings. The monoisotopic (exact) mass is 281 g/mol. The number of nitrogens with zero attached hydrogens (tertiary/aromatic N) is 2. The Morgan fingerprint density at radius 1 is 1.15 bits per heavy atom. The summed E-state index contributed by atoms with van der Waals surface area (Å²) in [6.07, 6.45) is 9.48. The number of esters is 1. The number of piperidine rings is 1. The molecule has 0 aromatic rings. The Kier molecular flexibility index (Phi) is 6.15. The van der Waals surface area contributed by atoms with E-state index in [0.717, 1.165) is 32.4 Å². The van der Waals surface area contributed by atoms with Crippen LogP contribution in [0.5, 0.6) is 0 Å². The van der Waals surface area contributed by atoms with Crippen LogP contribution in [0.25, 0.3) is 0 Å². The highest BCUT2D eigenvalue weighted by Crippen LogP contribution is 2.21. The van der Waals surface area contributed by atoms with Gasteiger partial charge in [0.25, 0.3) is 0 Å². The van der Waals surface area contributed by atoms with Crippen LogP contribution in [0.2, 0.25) is 0 Å². The lowest BCUT2D eigenvalue weighted by atomic mass is 10.1. The van der Waals surface area contributed by atoms with Crippen molar-refractivity contribution >= 4 is 11.9 Å². The van der Waals surface area contributed by atoms with Crippen LogP contribution in [0.4, 0.5) is 0 Å². The number of aliphatic imine (C=N–C) groups is 1. The van der Waals surface area contributed by atoms with E-state index in [9.17, 15) is 4.79 Å². The lowest BCUT2D eigenvalue weighted by Gasteiger charge is -2.27. The smallest absolute Gasteiger partial charge is 0.306 e. The number of carbonyl (C=O) groups excluding carboxylic acids is 1. The van der Waals surface area contributed by atoms with Crippen molar-refractivity contribution in [2.45, 2.75) is 63.9 Å². The molecule has 0 amide bonds. The molecule has 1 heterocycles. The van der Waals surface area contributed by atoms with Gasteiger partial charge in [0.05, 0.1) is 0 Å². The number of guanidine groups is 1. The Morgan fingerprint density at radius 2 is 1.85 bits per heavy atom. The van der Waals surface area contributed by atoms with Crippen LogP contribution in [0, 0.1) is 0 Å². The minimum Gasteiger partial charge on any atom is -0.462 e. The second-order valence-electron chi connectivity index (χ2n) is 5.79. The highest BCUT2D eigenvalue weighted by atomic mass is 16.5. The summed E-state index contributed by atoms with van der Waals surface area (Å²) in [4.78, 5) is 18.1. The fraction of sp³-hybridized carbons (Fsp3) is 0.867. The second kappa shape index (κ2) is 8.12. The molecule has 114 valence electrons. The third-order valence-corrected chi connectivity index (χ3v) is 4.09. The SMILES string of the molecule is NC(=NCCCC(=O)OC1CCCC1)N1CCCCC1. The average molecular weight is 281 g/mol. The van der Waals surface area contributed by atoms with Crippen LogP contribution in [0.3, 0.4) is 0 Å². The first-order chi connectivity index (χ1) is 9.75. The maximum absolute atomic E-state index is 11.6. The molecule has 5 nitrogen and oxygen atoms in total. The Hall–Kier alpha value is -1.26. The average Bonchev–Trinajstić information content (AvgIpc) is 2.97. The molecule has 0 radical (unpaired) electrons. The molecule has 0 atom stereocenters. The number of likely N-dealkylation sites (tertiary alicyclic amines) is 1. The van der Waals surface area contributed by atoms with Gasteiger partial charge >= 0.3 is 5.97 Å². The van der Waals surface area contributed by atoms with Crippen LogP contribution in [0.1, 0.15) is 57.8 Å². The molecule has 0 bridgehead atoms. The van der Waals surface area contributed by atoms with Gasteiger partial charge in [0.1, 0.15) is 6.10 Å². The van der Waals surface area contributed by atoms with Gasteiger partial charge < -0.3 is 15.4 Å². The summed E-state index contributed by atoms with van der Waals surface area (Å²) in [6.45, 7) is 2.64. The predicted molar refractivity (Wildman–Crippen MR) is 79.5 cm³/mol. The second-order valence-corrected chi connectivity index (χ2v) is 5.79. The van der Waals surface area contributed by atoms with Crippen molar-refractivity contribution < 1.29 is 9.53 Å². The summed E-state index contributed by atoms with van der Waals surface area (Å²) in [6, 6.07) is 0. The van der Waals surface area contributed by atoms with Gasteiger partial charge in [0.15, 0.2) is 5.96 Å². The molecule has 1 aliphatic heterocycles. The van der Waals surface area contributed by atoms with E-state index >= 15 is 0 Å². The summed E-state index contributed by atoms with van der Waals surface area (Å²) >= 11 is 0. The van der Waals surface area contributed by atoms with Gasteiger partial charge in [-0.25, -0.2) is 0 Å². The Morgan fingerprint density at radius 3 is 2.55 bits per heavy atom. The van der Waals surface area contributed by atoms with Gasteiger partial charge in [-0.2, -0.15) is 0 Å². The summed E-state index contributed by atoms with van der Waals surface area (Å²) < 4.78 is 5.41. The van der Waals surface area contributed by atoms with Gasteiger partial charge in [-0.05, 0) is 51.4 Å². The van der Waals surface area contributed by atoms with Gasteiger partial charge in [0, 0.05) is 26.1 Å². The van der Waals surface area contributed by atoms with Crippen molar-refractivity contribution in [1.29, 1.82) is 0 Å². The summed E-state index contributed by atoms with van der Waals surface area (Å²) in [5, 5.41) is 0. The topological polar surface area (TPSA) is 67.9 Å². The van der Waals surface area contributed by atoms with Crippen LogP contribution in [-0.4, -0.2) is 42.6 Å².